The number of aryl methyl sites for hydroxylation is 1. The molecule has 5 N–H and O–H groups in total. The van der Waals surface area contributed by atoms with Gasteiger partial charge in [-0.05, 0) is 81.7 Å². The molecule has 0 spiro atoms. The van der Waals surface area contributed by atoms with Gasteiger partial charge in [0.05, 0.1) is 77.7 Å². The molecule has 0 saturated carbocycles. The molecule has 2 aliphatic rings. The van der Waals surface area contributed by atoms with E-state index >= 15 is 0 Å². The van der Waals surface area contributed by atoms with E-state index in [9.17, 15) is 28.8 Å². The quantitative estimate of drug-likeness (QED) is 0.0529. The number of carbonyl (C=O) groups excluding carboxylic acids is 6. The average Bonchev–Trinajstić information content (AvgIpc) is 4.11. The summed E-state index contributed by atoms with van der Waals surface area (Å²) in [7, 11) is 1.66. The molecular weight excluding hydrogens is 1010 g/mol. The molecule has 0 unspecified atom stereocenters. The highest BCUT2D eigenvalue weighted by molar-refractivity contribution is 5.99. The number of hydrogen-bond acceptors (Lipinski definition) is 14. The van der Waals surface area contributed by atoms with E-state index in [1.54, 1.807) is 29.6 Å². The number of carbonyl (C=O) groups is 6. The summed E-state index contributed by atoms with van der Waals surface area (Å²) >= 11 is 0. The first-order chi connectivity index (χ1) is 37.9. The molecule has 0 aliphatic carbocycles. The zero-order valence-corrected chi connectivity index (χ0v) is 47.6. The smallest absolute Gasteiger partial charge is 0.259 e. The van der Waals surface area contributed by atoms with Crippen molar-refractivity contribution < 1.29 is 52.5 Å². The number of likely N-dealkylation sites (tertiary alicyclic amines) is 1. The van der Waals surface area contributed by atoms with Gasteiger partial charge in [0.25, 0.3) is 5.91 Å². The molecule has 2 bridgehead atoms. The maximum Gasteiger partial charge on any atom is 0.259 e. The SMILES string of the molecule is CC[C@@H](NC(=O)[C@@H]1C[C@H](NC(=O)CCOCCOCCOCCOCCC(=O)NCCN2C[C@H](C)Oc3ccc(C)cc3[C@@H](C)Cc3ccn4ncc(c4n3)C2=O)CN1C(=O)[C@@H](NC(=O)[C@H](C)NC)C(C)(C)C)c1ccccc1. The Morgan fingerprint density at radius 2 is 1.51 bits per heavy atom. The molecule has 21 nitrogen and oxygen atoms in total. The lowest BCUT2D eigenvalue weighted by atomic mass is 9.85. The van der Waals surface area contributed by atoms with Crippen molar-refractivity contribution in [1.29, 1.82) is 0 Å². The van der Waals surface area contributed by atoms with Gasteiger partial charge in [-0.25, -0.2) is 9.50 Å². The van der Waals surface area contributed by atoms with Gasteiger partial charge in [0, 0.05) is 50.4 Å². The van der Waals surface area contributed by atoms with E-state index in [1.807, 2.05) is 89.3 Å². The van der Waals surface area contributed by atoms with Gasteiger partial charge >= 0.3 is 0 Å². The first-order valence-electron chi connectivity index (χ1n) is 27.8. The lowest BCUT2D eigenvalue weighted by molar-refractivity contribution is -0.144. The molecule has 2 aromatic heterocycles. The molecule has 79 heavy (non-hydrogen) atoms. The summed E-state index contributed by atoms with van der Waals surface area (Å²) in [4.78, 5) is 89.3. The number of fused-ring (bicyclic) bond motifs is 2. The molecule has 1 saturated heterocycles. The van der Waals surface area contributed by atoms with Crippen LogP contribution in [-0.2, 0) is 49.3 Å². The van der Waals surface area contributed by atoms with Crippen LogP contribution in [0.2, 0.25) is 0 Å². The molecule has 6 amide bonds. The zero-order valence-electron chi connectivity index (χ0n) is 47.6. The van der Waals surface area contributed by atoms with Crippen LogP contribution in [0.1, 0.15) is 119 Å². The van der Waals surface area contributed by atoms with E-state index in [1.165, 1.54) is 4.90 Å². The van der Waals surface area contributed by atoms with Crippen LogP contribution in [-0.4, -0.2) is 176 Å². The first-order valence-corrected chi connectivity index (χ1v) is 27.8. The van der Waals surface area contributed by atoms with Crippen LogP contribution >= 0.6 is 0 Å². The van der Waals surface area contributed by atoms with Gasteiger partial charge in [0.1, 0.15) is 29.5 Å². The third-order valence-electron chi connectivity index (χ3n) is 14.1. The summed E-state index contributed by atoms with van der Waals surface area (Å²) in [5, 5.41) is 19.2. The van der Waals surface area contributed by atoms with Gasteiger partial charge in [-0.3, -0.25) is 28.8 Å². The number of aromatic nitrogens is 3. The van der Waals surface area contributed by atoms with Gasteiger partial charge in [-0.1, -0.05) is 82.6 Å². The van der Waals surface area contributed by atoms with Crippen LogP contribution in [0, 0.1) is 12.3 Å². The second kappa shape index (κ2) is 30.2. The highest BCUT2D eigenvalue weighted by Gasteiger charge is 2.46. The fraction of sp³-hybridized carbons (Fsp3) is 0.586. The number of nitrogens with one attached hydrogen (secondary N) is 5. The van der Waals surface area contributed by atoms with Crippen LogP contribution in [0.25, 0.3) is 5.65 Å². The zero-order chi connectivity index (χ0) is 57.1. The second-order valence-electron chi connectivity index (χ2n) is 21.6. The Labute approximate surface area is 464 Å². The van der Waals surface area contributed by atoms with Crippen LogP contribution in [0.5, 0.6) is 5.75 Å². The number of likely N-dealkylation sites (N-methyl/N-ethyl adjacent to an activating group) is 1. The van der Waals surface area contributed by atoms with Crippen molar-refractivity contribution in [3.05, 3.63) is 94.9 Å². The third kappa shape index (κ3) is 18.3. The number of ether oxygens (including phenoxy) is 5. The first kappa shape index (κ1) is 61.7. The van der Waals surface area contributed by atoms with E-state index in [-0.39, 0.29) is 119 Å². The Kier molecular flexibility index (Phi) is 23.6. The van der Waals surface area contributed by atoms with Gasteiger partial charge in [0.15, 0.2) is 5.65 Å². The number of rotatable bonds is 27. The fourth-order valence-corrected chi connectivity index (χ4v) is 9.60. The Bertz CT molecular complexity index is 2640. The highest BCUT2D eigenvalue weighted by Crippen LogP contribution is 2.32. The Hall–Kier alpha value is -6.52. The van der Waals surface area contributed by atoms with Gasteiger partial charge in [0.2, 0.25) is 29.5 Å². The maximum absolute atomic E-state index is 14.3. The predicted octanol–water partition coefficient (Wildman–Crippen LogP) is 4.06. The molecule has 4 aromatic rings. The molecule has 21 heteroatoms. The van der Waals surface area contributed by atoms with E-state index < -0.39 is 35.5 Å². The number of hydrogen-bond donors (Lipinski definition) is 5. The van der Waals surface area contributed by atoms with Crippen molar-refractivity contribution in [2.24, 2.45) is 5.41 Å². The highest BCUT2D eigenvalue weighted by atomic mass is 16.6. The van der Waals surface area contributed by atoms with Crippen LogP contribution in [0.4, 0.5) is 0 Å². The largest absolute Gasteiger partial charge is 0.489 e. The second-order valence-corrected chi connectivity index (χ2v) is 21.6. The van der Waals surface area contributed by atoms with Gasteiger partial charge < -0.3 is 60.1 Å². The van der Waals surface area contributed by atoms with Crippen molar-refractivity contribution in [2.45, 2.75) is 130 Å². The minimum Gasteiger partial charge on any atom is -0.489 e. The molecular formula is C58H84N10O11. The monoisotopic (exact) mass is 1100 g/mol. The van der Waals surface area contributed by atoms with Crippen molar-refractivity contribution >= 4 is 41.1 Å². The molecule has 2 aliphatic heterocycles. The Balaban J connectivity index is 0.843. The lowest BCUT2D eigenvalue weighted by Gasteiger charge is -2.36. The van der Waals surface area contributed by atoms with Crippen molar-refractivity contribution in [2.75, 3.05) is 86.1 Å². The fourth-order valence-electron chi connectivity index (χ4n) is 9.60. The van der Waals surface area contributed by atoms with E-state index in [4.69, 9.17) is 28.7 Å². The number of nitrogens with zero attached hydrogens (tertiary/aromatic N) is 5. The summed E-state index contributed by atoms with van der Waals surface area (Å²) in [5.74, 6) is -0.901. The molecule has 0 radical (unpaired) electrons. The summed E-state index contributed by atoms with van der Waals surface area (Å²) in [6, 6.07) is 14.6. The molecule has 4 heterocycles. The van der Waals surface area contributed by atoms with Crippen molar-refractivity contribution in [3.8, 4) is 5.75 Å². The number of amides is 6. The predicted molar refractivity (Wildman–Crippen MR) is 297 cm³/mol. The Morgan fingerprint density at radius 3 is 2.15 bits per heavy atom. The minimum atomic E-state index is -0.927. The van der Waals surface area contributed by atoms with Crippen molar-refractivity contribution in [3.63, 3.8) is 0 Å². The van der Waals surface area contributed by atoms with E-state index in [2.05, 4.69) is 51.6 Å². The van der Waals surface area contributed by atoms with Crippen LogP contribution in [0.15, 0.2) is 67.0 Å². The average molecular weight is 1100 g/mol. The standard InChI is InChI=1S/C58H84N10O11/c1-10-47(42-14-12-11-13-15-42)64-55(72)48-34-44(37-67(48)57(74)52(58(6,7)8)65-54(71)41(5)59-9)62-51(70)20-25-76-27-29-78-31-30-77-28-26-75-24-19-50(69)60-21-23-66-36-40(4)79-49-17-16-38(2)32-45(49)39(3)33-43-18-22-68-53(63-43)46(35-61-68)56(66)73/h11-18,22,32,35,39-41,44,47-48,52,59H,10,19-21,23-31,33-34,36-37H2,1-9H3,(H,60,69)(H,62,70)(H,64,72)(H,65,71)/t39-,40-,41-,44-,47+,48-,52+/m0/s1. The molecule has 7 atom stereocenters. The van der Waals surface area contributed by atoms with Crippen LogP contribution in [0.3, 0.4) is 0 Å². The normalized spacial score (nSPS) is 18.8. The minimum absolute atomic E-state index is 0.0639. The molecule has 6 rings (SSSR count). The summed E-state index contributed by atoms with van der Waals surface area (Å²) in [6.45, 7) is 18.4. The molecule has 432 valence electrons. The van der Waals surface area contributed by atoms with Gasteiger partial charge in [-0.2, -0.15) is 5.10 Å². The maximum atomic E-state index is 14.3. The van der Waals surface area contributed by atoms with E-state index in [0.29, 0.717) is 50.5 Å². The third-order valence-corrected chi connectivity index (χ3v) is 14.1. The molecule has 1 fully saturated rings. The van der Waals surface area contributed by atoms with Crippen molar-refractivity contribution in [1.82, 2.24) is 51.0 Å². The Morgan fingerprint density at radius 1 is 0.848 bits per heavy atom. The van der Waals surface area contributed by atoms with E-state index in [0.717, 1.165) is 28.1 Å². The molecule has 2 aromatic carbocycles. The van der Waals surface area contributed by atoms with Gasteiger partial charge in [-0.15, -0.1) is 0 Å². The lowest BCUT2D eigenvalue weighted by Crippen LogP contribution is -2.59. The number of benzene rings is 2. The summed E-state index contributed by atoms with van der Waals surface area (Å²) < 4.78 is 30.6. The summed E-state index contributed by atoms with van der Waals surface area (Å²) in [6.07, 6.45) is 4.73. The van der Waals surface area contributed by atoms with Crippen LogP contribution < -0.4 is 31.3 Å². The topological polar surface area (TPSA) is 245 Å². The summed E-state index contributed by atoms with van der Waals surface area (Å²) in [5.41, 5.74) is 4.20.